The van der Waals surface area contributed by atoms with E-state index in [-0.39, 0.29) is 6.42 Å². The van der Waals surface area contributed by atoms with E-state index in [0.717, 1.165) is 0 Å². The molecule has 0 aromatic heterocycles. The Kier molecular flexibility index (Phi) is 6.01. The molecule has 0 heterocycles. The second-order valence-electron chi connectivity index (χ2n) is 7.15. The average Bonchev–Trinajstić information content (AvgIpc) is 2.69. The largest absolute Gasteiger partial charge is 0.531 e. The van der Waals surface area contributed by atoms with Gasteiger partial charge < -0.3 is 14.6 Å². The molecule has 0 saturated carbocycles. The van der Waals surface area contributed by atoms with E-state index < -0.39 is 35.7 Å². The summed E-state index contributed by atoms with van der Waals surface area (Å²) in [5.74, 6) is 0. The van der Waals surface area contributed by atoms with Gasteiger partial charge in [0.15, 0.2) is 0 Å². The molecular formula is C15H25NO7. The summed E-state index contributed by atoms with van der Waals surface area (Å²) in [5.41, 5.74) is -1.53. The maximum absolute atomic E-state index is 11.8. The van der Waals surface area contributed by atoms with Gasteiger partial charge in [-0.05, 0) is 41.5 Å². The van der Waals surface area contributed by atoms with Crippen LogP contribution >= 0.6 is 0 Å². The summed E-state index contributed by atoms with van der Waals surface area (Å²) < 4.78 is 10.0. The Labute approximate surface area is 135 Å². The topological polar surface area (TPSA) is 94.5 Å². The summed E-state index contributed by atoms with van der Waals surface area (Å²) in [6, 6.07) is -0.634. The minimum atomic E-state index is -1.03. The standard InChI is InChI=1S/C15H25NO7/c1-14(2,3)20-12(18)22-16(10-7-8-11(17)9-10)23-13(19)21-15(4,5)6/h7-8,10-11,17H,9H2,1-6H3/t10-,11+/m0/s1. The molecule has 0 aromatic carbocycles. The molecule has 0 bridgehead atoms. The van der Waals surface area contributed by atoms with Gasteiger partial charge in [0, 0.05) is 11.6 Å². The summed E-state index contributed by atoms with van der Waals surface area (Å²) in [4.78, 5) is 33.4. The lowest BCUT2D eigenvalue weighted by atomic mass is 10.2. The van der Waals surface area contributed by atoms with Crippen LogP contribution in [0.1, 0.15) is 48.0 Å². The molecule has 1 aliphatic rings. The highest BCUT2D eigenvalue weighted by Crippen LogP contribution is 2.20. The molecule has 0 fully saturated rings. The number of rotatable bonds is 3. The first-order valence-corrected chi connectivity index (χ1v) is 7.33. The van der Waals surface area contributed by atoms with Crippen LogP contribution in [0.2, 0.25) is 0 Å². The van der Waals surface area contributed by atoms with Crippen LogP contribution in [0.25, 0.3) is 0 Å². The van der Waals surface area contributed by atoms with Crippen LogP contribution < -0.4 is 0 Å². The van der Waals surface area contributed by atoms with Crippen LogP contribution in [0.4, 0.5) is 9.59 Å². The van der Waals surface area contributed by atoms with Gasteiger partial charge in [-0.2, -0.15) is 0 Å². The predicted molar refractivity (Wildman–Crippen MR) is 80.0 cm³/mol. The fourth-order valence-corrected chi connectivity index (χ4v) is 1.66. The van der Waals surface area contributed by atoms with Gasteiger partial charge in [-0.1, -0.05) is 12.2 Å². The third-order valence-electron chi connectivity index (χ3n) is 2.42. The first kappa shape index (κ1) is 19.2. The van der Waals surface area contributed by atoms with Crippen molar-refractivity contribution < 1.29 is 33.8 Å². The average molecular weight is 331 g/mol. The number of aliphatic hydroxyl groups excluding tert-OH is 1. The van der Waals surface area contributed by atoms with Crippen LogP contribution in [0.3, 0.4) is 0 Å². The van der Waals surface area contributed by atoms with Gasteiger partial charge in [-0.25, -0.2) is 9.59 Å². The van der Waals surface area contributed by atoms with Crippen LogP contribution in [-0.2, 0) is 19.1 Å². The Morgan fingerprint density at radius 2 is 1.39 bits per heavy atom. The van der Waals surface area contributed by atoms with Gasteiger partial charge in [0.2, 0.25) is 0 Å². The van der Waals surface area contributed by atoms with Crippen molar-refractivity contribution in [3.05, 3.63) is 12.2 Å². The molecule has 1 aliphatic carbocycles. The summed E-state index contributed by atoms with van der Waals surface area (Å²) in [6.45, 7) is 10.0. The molecule has 8 nitrogen and oxygen atoms in total. The third kappa shape index (κ3) is 7.85. The van der Waals surface area contributed by atoms with Crippen molar-refractivity contribution in [3.63, 3.8) is 0 Å². The van der Waals surface area contributed by atoms with Crippen LogP contribution in [0.5, 0.6) is 0 Å². The molecule has 1 N–H and O–H groups in total. The Morgan fingerprint density at radius 3 is 1.70 bits per heavy atom. The monoisotopic (exact) mass is 331 g/mol. The summed E-state index contributed by atoms with van der Waals surface area (Å²) >= 11 is 0. The summed E-state index contributed by atoms with van der Waals surface area (Å²) in [6.07, 6.45) is 0.484. The van der Waals surface area contributed by atoms with Crippen molar-refractivity contribution in [1.29, 1.82) is 0 Å². The molecule has 0 aliphatic heterocycles. The van der Waals surface area contributed by atoms with Gasteiger partial charge in [0.1, 0.15) is 17.2 Å². The Balaban J connectivity index is 2.72. The fourth-order valence-electron chi connectivity index (χ4n) is 1.66. The van der Waals surface area contributed by atoms with E-state index >= 15 is 0 Å². The predicted octanol–water partition coefficient (Wildman–Crippen LogP) is 2.71. The molecule has 132 valence electrons. The molecule has 0 amide bonds. The molecule has 0 saturated heterocycles. The van der Waals surface area contributed by atoms with E-state index in [1.807, 2.05) is 0 Å². The SMILES string of the molecule is CC(C)(C)OC(=O)ON(OC(=O)OC(C)(C)C)[C@H]1C=C[C@@H](O)C1. The number of carbonyl (C=O) groups excluding carboxylic acids is 2. The first-order valence-electron chi connectivity index (χ1n) is 7.33. The lowest BCUT2D eigenvalue weighted by molar-refractivity contribution is -0.333. The number of hydrogen-bond donors (Lipinski definition) is 1. The van der Waals surface area contributed by atoms with E-state index in [1.54, 1.807) is 47.6 Å². The molecule has 2 atom stereocenters. The molecule has 0 unspecified atom stereocenters. The lowest BCUT2D eigenvalue weighted by Crippen LogP contribution is -2.40. The van der Waals surface area contributed by atoms with Gasteiger partial charge in [-0.3, -0.25) is 9.68 Å². The number of hydrogen-bond acceptors (Lipinski definition) is 8. The quantitative estimate of drug-likeness (QED) is 0.479. The summed E-state index contributed by atoms with van der Waals surface area (Å²) in [7, 11) is 0. The smallest absolute Gasteiger partial charge is 0.427 e. The fraction of sp³-hybridized carbons (Fsp3) is 0.733. The normalized spacial score (nSPS) is 21.2. The van der Waals surface area contributed by atoms with Crippen LogP contribution in [0, 0.1) is 0 Å². The van der Waals surface area contributed by atoms with Crippen LogP contribution in [-0.4, -0.2) is 46.0 Å². The second-order valence-corrected chi connectivity index (χ2v) is 7.15. The van der Waals surface area contributed by atoms with E-state index in [9.17, 15) is 14.7 Å². The molecule has 8 heteroatoms. The van der Waals surface area contributed by atoms with E-state index in [0.29, 0.717) is 5.23 Å². The van der Waals surface area contributed by atoms with E-state index in [1.165, 1.54) is 6.08 Å². The molecule has 1 rings (SSSR count). The number of hydroxylamine groups is 2. The van der Waals surface area contributed by atoms with Gasteiger partial charge in [0.05, 0.1) is 6.10 Å². The third-order valence-corrected chi connectivity index (χ3v) is 2.42. The second kappa shape index (κ2) is 7.18. The van der Waals surface area contributed by atoms with Crippen molar-refractivity contribution in [1.82, 2.24) is 5.23 Å². The van der Waals surface area contributed by atoms with Gasteiger partial charge in [-0.15, -0.1) is 0 Å². The van der Waals surface area contributed by atoms with Crippen LogP contribution in [0.15, 0.2) is 12.2 Å². The Hall–Kier alpha value is -1.80. The van der Waals surface area contributed by atoms with Crippen molar-refractivity contribution in [3.8, 4) is 0 Å². The number of aliphatic hydroxyl groups is 1. The Morgan fingerprint density at radius 1 is 0.957 bits per heavy atom. The molecule has 23 heavy (non-hydrogen) atoms. The van der Waals surface area contributed by atoms with Gasteiger partial charge >= 0.3 is 12.3 Å². The van der Waals surface area contributed by atoms with Crippen molar-refractivity contribution in [2.75, 3.05) is 0 Å². The summed E-state index contributed by atoms with van der Waals surface area (Å²) in [5, 5.41) is 10.2. The minimum Gasteiger partial charge on any atom is -0.427 e. The van der Waals surface area contributed by atoms with Gasteiger partial charge in [0.25, 0.3) is 0 Å². The highest BCUT2D eigenvalue weighted by atomic mass is 17.0. The van der Waals surface area contributed by atoms with Crippen molar-refractivity contribution in [2.24, 2.45) is 0 Å². The number of nitrogens with zero attached hydrogens (tertiary/aromatic N) is 1. The van der Waals surface area contributed by atoms with E-state index in [4.69, 9.17) is 19.1 Å². The molecule has 0 radical (unpaired) electrons. The lowest BCUT2D eigenvalue weighted by Gasteiger charge is -2.27. The highest BCUT2D eigenvalue weighted by molar-refractivity contribution is 5.61. The zero-order chi connectivity index (χ0) is 17.8. The zero-order valence-corrected chi connectivity index (χ0v) is 14.4. The highest BCUT2D eigenvalue weighted by Gasteiger charge is 2.33. The van der Waals surface area contributed by atoms with Crippen molar-refractivity contribution in [2.45, 2.75) is 71.3 Å². The zero-order valence-electron chi connectivity index (χ0n) is 14.4. The number of carbonyl (C=O) groups is 2. The maximum atomic E-state index is 11.8. The first-order chi connectivity index (χ1) is 10.4. The molecular weight excluding hydrogens is 306 g/mol. The molecule has 0 spiro atoms. The van der Waals surface area contributed by atoms with E-state index in [2.05, 4.69) is 0 Å². The Bertz CT molecular complexity index is 431. The molecule has 0 aromatic rings. The van der Waals surface area contributed by atoms with Crippen molar-refractivity contribution >= 4 is 12.3 Å². The maximum Gasteiger partial charge on any atom is 0.531 e. The minimum absolute atomic E-state index is 0.200. The number of ether oxygens (including phenoxy) is 2.